The van der Waals surface area contributed by atoms with Crippen LogP contribution in [0, 0.1) is 12.7 Å². The van der Waals surface area contributed by atoms with Gasteiger partial charge in [-0.2, -0.15) is 0 Å². The Labute approximate surface area is 133 Å². The second kappa shape index (κ2) is 6.18. The minimum atomic E-state index is -0.179. The van der Waals surface area contributed by atoms with Gasteiger partial charge < -0.3 is 11.1 Å². The molecule has 0 unspecified atom stereocenters. The number of anilines is 1. The molecule has 3 N–H and O–H groups in total. The number of nitrogens with zero attached hydrogens (tertiary/aromatic N) is 2. The van der Waals surface area contributed by atoms with Crippen LogP contribution in [0.1, 0.15) is 29.7 Å². The van der Waals surface area contributed by atoms with Gasteiger partial charge in [-0.15, -0.1) is 11.3 Å². The number of fused-ring (bicyclic) bond motifs is 1. The summed E-state index contributed by atoms with van der Waals surface area (Å²) in [7, 11) is 2.09. The molecule has 0 atom stereocenters. The fourth-order valence-corrected chi connectivity index (χ4v) is 3.29. The summed E-state index contributed by atoms with van der Waals surface area (Å²) in [5, 5.41) is 4.99. The van der Waals surface area contributed by atoms with Crippen molar-refractivity contribution in [2.45, 2.75) is 26.8 Å². The Balaban J connectivity index is 1.87. The van der Waals surface area contributed by atoms with Crippen LogP contribution in [0.3, 0.4) is 0 Å². The number of thiophene rings is 1. The Hall–Kier alpha value is -1.73. The Bertz CT molecular complexity index is 741. The van der Waals surface area contributed by atoms with E-state index in [4.69, 9.17) is 5.73 Å². The largest absolute Gasteiger partial charge is 0.365 e. The number of halogens is 1. The van der Waals surface area contributed by atoms with E-state index in [0.29, 0.717) is 23.8 Å². The van der Waals surface area contributed by atoms with Crippen molar-refractivity contribution in [1.29, 1.82) is 0 Å². The molecule has 0 aliphatic carbocycles. The number of hydrogen-bond donors (Lipinski definition) is 2. The highest BCUT2D eigenvalue weighted by molar-refractivity contribution is 7.09. The molecule has 113 valence electrons. The molecule has 0 bridgehead atoms. The van der Waals surface area contributed by atoms with Crippen molar-refractivity contribution in [1.82, 2.24) is 9.97 Å². The van der Waals surface area contributed by atoms with E-state index in [9.17, 15) is 4.39 Å². The molecule has 0 saturated heterocycles. The number of nitrogens with two attached hydrogens (primary N) is 1. The van der Waals surface area contributed by atoms with Crippen LogP contribution in [0.25, 0.3) is 5.57 Å². The van der Waals surface area contributed by atoms with E-state index >= 15 is 0 Å². The zero-order valence-corrected chi connectivity index (χ0v) is 13.4. The first-order valence-electron chi connectivity index (χ1n) is 7.19. The summed E-state index contributed by atoms with van der Waals surface area (Å²) in [5.74, 6) is 1.28. The molecule has 2 aromatic rings. The fraction of sp³-hybridized carbons (Fsp3) is 0.333. The van der Waals surface area contributed by atoms with Crippen LogP contribution in [0.2, 0.25) is 0 Å². The molecule has 1 aliphatic heterocycles. The van der Waals surface area contributed by atoms with Crippen LogP contribution >= 0.6 is 11.3 Å². The average molecular weight is 315 g/mol. The van der Waals surface area contributed by atoms with E-state index in [0.717, 1.165) is 29.0 Å². The number of rotatable bonds is 5. The molecular formula is C15H17BFN4S. The average Bonchev–Trinajstić information content (AvgIpc) is 3.03. The predicted octanol–water partition coefficient (Wildman–Crippen LogP) is 2.02. The third kappa shape index (κ3) is 2.78. The van der Waals surface area contributed by atoms with E-state index in [2.05, 4.69) is 29.5 Å². The number of allylic oxidation sites excluding steroid dienone is 1. The van der Waals surface area contributed by atoms with Gasteiger partial charge in [-0.25, -0.2) is 14.4 Å². The maximum Gasteiger partial charge on any atom is 0.194 e. The highest BCUT2D eigenvalue weighted by Gasteiger charge is 2.24. The van der Waals surface area contributed by atoms with Crippen molar-refractivity contribution < 1.29 is 4.39 Å². The van der Waals surface area contributed by atoms with E-state index in [1.54, 1.807) is 5.38 Å². The Morgan fingerprint density at radius 1 is 1.36 bits per heavy atom. The first-order chi connectivity index (χ1) is 10.6. The second-order valence-corrected chi connectivity index (χ2v) is 6.26. The lowest BCUT2D eigenvalue weighted by Crippen LogP contribution is -2.24. The molecule has 0 amide bonds. The summed E-state index contributed by atoms with van der Waals surface area (Å²) in [4.78, 5) is 9.69. The first kappa shape index (κ1) is 15.2. The molecule has 2 aromatic heterocycles. The van der Waals surface area contributed by atoms with Gasteiger partial charge in [-0.3, -0.25) is 0 Å². The van der Waals surface area contributed by atoms with Gasteiger partial charge in [0, 0.05) is 0 Å². The summed E-state index contributed by atoms with van der Waals surface area (Å²) < 4.78 is 13.5. The molecule has 0 spiro atoms. The molecule has 3 heterocycles. The molecule has 0 aromatic carbocycles. The second-order valence-electron chi connectivity index (χ2n) is 5.26. The minimum absolute atomic E-state index is 0.179. The van der Waals surface area contributed by atoms with E-state index < -0.39 is 0 Å². The van der Waals surface area contributed by atoms with Gasteiger partial charge in [0.1, 0.15) is 17.5 Å². The zero-order chi connectivity index (χ0) is 15.7. The zero-order valence-electron chi connectivity index (χ0n) is 12.6. The summed E-state index contributed by atoms with van der Waals surface area (Å²) in [6, 6.07) is 1.48. The van der Waals surface area contributed by atoms with E-state index in [-0.39, 0.29) is 5.82 Å². The van der Waals surface area contributed by atoms with Crippen molar-refractivity contribution in [3.05, 3.63) is 39.1 Å². The lowest BCUT2D eigenvalue weighted by molar-refractivity contribution is 0.621. The van der Waals surface area contributed by atoms with E-state index in [1.807, 2.05) is 6.92 Å². The molecule has 4 nitrogen and oxygen atoms in total. The van der Waals surface area contributed by atoms with Gasteiger partial charge in [0.25, 0.3) is 0 Å². The summed E-state index contributed by atoms with van der Waals surface area (Å²) in [6.07, 6.45) is 0.820. The SMILES string of the molecule is CC1=C(CCN)[B]c2c(NCc3sccc3F)nc(C)nc21. The molecule has 7 heteroatoms. The van der Waals surface area contributed by atoms with Crippen molar-refractivity contribution in [3.8, 4) is 0 Å². The van der Waals surface area contributed by atoms with Crippen LogP contribution in [0.5, 0.6) is 0 Å². The molecule has 3 rings (SSSR count). The minimum Gasteiger partial charge on any atom is -0.365 e. The smallest absolute Gasteiger partial charge is 0.194 e. The van der Waals surface area contributed by atoms with Crippen molar-refractivity contribution >= 4 is 35.5 Å². The quantitative estimate of drug-likeness (QED) is 0.829. The van der Waals surface area contributed by atoms with E-state index in [1.165, 1.54) is 22.9 Å². The number of hydrogen-bond acceptors (Lipinski definition) is 5. The van der Waals surface area contributed by atoms with Crippen LogP contribution in [-0.2, 0) is 6.54 Å². The Morgan fingerprint density at radius 3 is 2.86 bits per heavy atom. The first-order valence-corrected chi connectivity index (χ1v) is 8.07. The van der Waals surface area contributed by atoms with Crippen LogP contribution in [-0.4, -0.2) is 23.8 Å². The van der Waals surface area contributed by atoms with Crippen molar-refractivity contribution in [2.75, 3.05) is 11.9 Å². The molecule has 0 fully saturated rings. The van der Waals surface area contributed by atoms with Gasteiger partial charge in [0.2, 0.25) is 0 Å². The molecular weight excluding hydrogens is 298 g/mol. The molecule has 1 aliphatic rings. The summed E-state index contributed by atoms with van der Waals surface area (Å²) >= 11 is 1.40. The summed E-state index contributed by atoms with van der Waals surface area (Å²) in [6.45, 7) is 4.95. The molecule has 1 radical (unpaired) electrons. The monoisotopic (exact) mass is 315 g/mol. The third-order valence-electron chi connectivity index (χ3n) is 3.73. The van der Waals surface area contributed by atoms with Gasteiger partial charge in [0.05, 0.1) is 17.1 Å². The Kier molecular flexibility index (Phi) is 4.26. The third-order valence-corrected chi connectivity index (χ3v) is 4.63. The number of aryl methyl sites for hydroxylation is 1. The van der Waals surface area contributed by atoms with Gasteiger partial charge in [-0.05, 0) is 49.3 Å². The van der Waals surface area contributed by atoms with Gasteiger partial charge in [-0.1, -0.05) is 5.47 Å². The molecule has 22 heavy (non-hydrogen) atoms. The van der Waals surface area contributed by atoms with Crippen LogP contribution in [0.15, 0.2) is 16.9 Å². The van der Waals surface area contributed by atoms with Crippen LogP contribution in [0.4, 0.5) is 10.2 Å². The standard InChI is InChI=1S/C15H17BFN4S/c1-8-10(3-5-18)16-13-14(8)20-9(2)21-15(13)19-7-12-11(17)4-6-22-12/h4,6H,3,5,7,18H2,1-2H3,(H,19,20,21). The van der Waals surface area contributed by atoms with Crippen LogP contribution < -0.4 is 16.5 Å². The van der Waals surface area contributed by atoms with Gasteiger partial charge in [0.15, 0.2) is 7.28 Å². The predicted molar refractivity (Wildman–Crippen MR) is 90.0 cm³/mol. The Morgan fingerprint density at radius 2 is 2.18 bits per heavy atom. The van der Waals surface area contributed by atoms with Crippen molar-refractivity contribution in [2.24, 2.45) is 5.73 Å². The number of nitrogens with one attached hydrogen (secondary N) is 1. The number of aromatic nitrogens is 2. The normalized spacial score (nSPS) is 13.3. The maximum atomic E-state index is 13.5. The summed E-state index contributed by atoms with van der Waals surface area (Å²) in [5.41, 5.74) is 9.94. The topological polar surface area (TPSA) is 63.8 Å². The lowest BCUT2D eigenvalue weighted by atomic mass is 9.65. The highest BCUT2D eigenvalue weighted by atomic mass is 32.1. The highest BCUT2D eigenvalue weighted by Crippen LogP contribution is 2.25. The maximum absolute atomic E-state index is 13.5. The molecule has 0 saturated carbocycles. The van der Waals surface area contributed by atoms with Crippen molar-refractivity contribution in [3.63, 3.8) is 0 Å². The van der Waals surface area contributed by atoms with Gasteiger partial charge >= 0.3 is 0 Å². The lowest BCUT2D eigenvalue weighted by Gasteiger charge is -2.11. The fourth-order valence-electron chi connectivity index (χ4n) is 2.60.